The van der Waals surface area contributed by atoms with Crippen LogP contribution in [0, 0.1) is 16.7 Å². The smallest absolute Gasteiger partial charge is 0.169 e. The fraction of sp³-hybridized carbons (Fsp3) is 0.438. The Kier molecular flexibility index (Phi) is 2.53. The van der Waals surface area contributed by atoms with E-state index in [9.17, 15) is 4.79 Å². The van der Waals surface area contributed by atoms with Crippen LogP contribution in [0.25, 0.3) is 10.9 Å². The maximum absolute atomic E-state index is 12.8. The Labute approximate surface area is 121 Å². The molecular formula is C16H18BrNO. The van der Waals surface area contributed by atoms with E-state index in [-0.39, 0.29) is 22.5 Å². The van der Waals surface area contributed by atoms with Crippen LogP contribution >= 0.6 is 15.9 Å². The number of ketones is 1. The molecule has 1 aromatic carbocycles. The Morgan fingerprint density at radius 2 is 1.84 bits per heavy atom. The van der Waals surface area contributed by atoms with Gasteiger partial charge in [0.2, 0.25) is 0 Å². The zero-order valence-electron chi connectivity index (χ0n) is 11.7. The number of Topliss-reactive ketones (excluding diaryl/α,β-unsaturated/α-hetero) is 1. The fourth-order valence-corrected chi connectivity index (χ4v) is 3.92. The highest BCUT2D eigenvalue weighted by Gasteiger charge is 2.68. The number of nitrogens with one attached hydrogen (secondary N) is 1. The summed E-state index contributed by atoms with van der Waals surface area (Å²) >= 11 is 3.55. The molecule has 0 aliphatic heterocycles. The molecule has 0 amide bonds. The van der Waals surface area contributed by atoms with Gasteiger partial charge in [0.25, 0.3) is 0 Å². The summed E-state index contributed by atoms with van der Waals surface area (Å²) in [4.78, 5) is 16.0. The van der Waals surface area contributed by atoms with E-state index in [1.54, 1.807) is 0 Å². The normalized spacial score (nSPS) is 20.7. The molecule has 100 valence electrons. The van der Waals surface area contributed by atoms with E-state index in [0.29, 0.717) is 0 Å². The number of carbonyl (C=O) groups is 1. The number of aromatic nitrogens is 1. The van der Waals surface area contributed by atoms with Crippen LogP contribution in [0.3, 0.4) is 0 Å². The minimum atomic E-state index is 0.0783. The predicted molar refractivity (Wildman–Crippen MR) is 81.4 cm³/mol. The first-order chi connectivity index (χ1) is 8.78. The molecule has 1 aromatic heterocycles. The topological polar surface area (TPSA) is 32.9 Å². The van der Waals surface area contributed by atoms with Crippen LogP contribution in [-0.2, 0) is 0 Å². The lowest BCUT2D eigenvalue weighted by molar-refractivity contribution is 0.0947. The zero-order chi connectivity index (χ0) is 14.0. The van der Waals surface area contributed by atoms with Gasteiger partial charge in [0.15, 0.2) is 5.78 Å². The van der Waals surface area contributed by atoms with E-state index in [2.05, 4.69) is 48.6 Å². The van der Waals surface area contributed by atoms with Crippen LogP contribution in [0.15, 0.2) is 28.9 Å². The average molecular weight is 320 g/mol. The van der Waals surface area contributed by atoms with Crippen molar-refractivity contribution in [2.24, 2.45) is 16.7 Å². The molecule has 1 aliphatic rings. The molecule has 1 fully saturated rings. The van der Waals surface area contributed by atoms with Crippen LogP contribution in [-0.4, -0.2) is 10.8 Å². The Balaban J connectivity index is 2.10. The standard InChI is InChI=1S/C16H18BrNO/c1-15(2)14(16(15,3)4)13(19)9-8-18-11-7-5-6-10(17)12(9)11/h5-8,14,18H,1-4H3. The second-order valence-corrected chi connectivity index (χ2v) is 7.46. The lowest BCUT2D eigenvalue weighted by atomic mass is 10.0. The summed E-state index contributed by atoms with van der Waals surface area (Å²) < 4.78 is 0.978. The van der Waals surface area contributed by atoms with Crippen molar-refractivity contribution in [3.05, 3.63) is 34.4 Å². The number of benzene rings is 1. The van der Waals surface area contributed by atoms with Gasteiger partial charge in [0.1, 0.15) is 0 Å². The SMILES string of the molecule is CC1(C)C(C(=O)c2c[nH]c3cccc(Br)c23)C1(C)C. The van der Waals surface area contributed by atoms with Crippen molar-refractivity contribution in [1.29, 1.82) is 0 Å². The Hall–Kier alpha value is -1.09. The van der Waals surface area contributed by atoms with E-state index in [4.69, 9.17) is 0 Å². The maximum Gasteiger partial charge on any atom is 0.169 e. The monoisotopic (exact) mass is 319 g/mol. The number of carbonyl (C=O) groups excluding carboxylic acids is 1. The molecule has 0 radical (unpaired) electrons. The second-order valence-electron chi connectivity index (χ2n) is 6.61. The largest absolute Gasteiger partial charge is 0.360 e. The van der Waals surface area contributed by atoms with Gasteiger partial charge in [-0.3, -0.25) is 4.79 Å². The Morgan fingerprint density at radius 1 is 1.21 bits per heavy atom. The molecule has 0 bridgehead atoms. The summed E-state index contributed by atoms with van der Waals surface area (Å²) in [7, 11) is 0. The number of fused-ring (bicyclic) bond motifs is 1. The van der Waals surface area contributed by atoms with Crippen LogP contribution in [0.4, 0.5) is 0 Å². The molecule has 1 N–H and O–H groups in total. The first-order valence-corrected chi connectivity index (χ1v) is 7.37. The number of hydrogen-bond donors (Lipinski definition) is 1. The first-order valence-electron chi connectivity index (χ1n) is 6.58. The molecular weight excluding hydrogens is 302 g/mol. The number of aromatic amines is 1. The zero-order valence-corrected chi connectivity index (χ0v) is 13.3. The van der Waals surface area contributed by atoms with E-state index >= 15 is 0 Å². The highest BCUT2D eigenvalue weighted by atomic mass is 79.9. The Bertz CT molecular complexity index is 667. The summed E-state index contributed by atoms with van der Waals surface area (Å²) in [5.74, 6) is 0.360. The molecule has 3 heteroatoms. The van der Waals surface area contributed by atoms with Gasteiger partial charge in [-0.25, -0.2) is 0 Å². The van der Waals surface area contributed by atoms with Crippen LogP contribution in [0.5, 0.6) is 0 Å². The molecule has 2 aromatic rings. The third kappa shape index (κ3) is 1.57. The number of H-pyrrole nitrogens is 1. The fourth-order valence-electron chi connectivity index (χ4n) is 3.34. The van der Waals surface area contributed by atoms with Gasteiger partial charge in [-0.2, -0.15) is 0 Å². The quantitative estimate of drug-likeness (QED) is 0.793. The van der Waals surface area contributed by atoms with E-state index in [1.165, 1.54) is 0 Å². The Morgan fingerprint density at radius 3 is 2.42 bits per heavy atom. The summed E-state index contributed by atoms with van der Waals surface area (Å²) in [5.41, 5.74) is 1.98. The van der Waals surface area contributed by atoms with Gasteiger partial charge in [0.05, 0.1) is 0 Å². The highest BCUT2D eigenvalue weighted by Crippen LogP contribution is 2.69. The average Bonchev–Trinajstić information content (AvgIpc) is 2.66. The van der Waals surface area contributed by atoms with Gasteiger partial charge >= 0.3 is 0 Å². The molecule has 1 heterocycles. The van der Waals surface area contributed by atoms with Crippen molar-refractivity contribution in [3.8, 4) is 0 Å². The minimum Gasteiger partial charge on any atom is -0.360 e. The van der Waals surface area contributed by atoms with Crippen molar-refractivity contribution in [1.82, 2.24) is 4.98 Å². The van der Waals surface area contributed by atoms with Crippen LogP contribution in [0.1, 0.15) is 38.1 Å². The maximum atomic E-state index is 12.8. The lowest BCUT2D eigenvalue weighted by Crippen LogP contribution is -2.07. The van der Waals surface area contributed by atoms with Crippen molar-refractivity contribution >= 4 is 32.6 Å². The molecule has 1 aliphatic carbocycles. The van der Waals surface area contributed by atoms with Crippen molar-refractivity contribution in [2.45, 2.75) is 27.7 Å². The van der Waals surface area contributed by atoms with Crippen LogP contribution < -0.4 is 0 Å². The second kappa shape index (κ2) is 3.72. The molecule has 2 nitrogen and oxygen atoms in total. The predicted octanol–water partition coefficient (Wildman–Crippen LogP) is 4.80. The van der Waals surface area contributed by atoms with E-state index < -0.39 is 0 Å². The van der Waals surface area contributed by atoms with E-state index in [1.807, 2.05) is 24.4 Å². The molecule has 19 heavy (non-hydrogen) atoms. The molecule has 3 rings (SSSR count). The molecule has 0 unspecified atom stereocenters. The minimum absolute atomic E-state index is 0.0783. The van der Waals surface area contributed by atoms with Crippen molar-refractivity contribution in [3.63, 3.8) is 0 Å². The summed E-state index contributed by atoms with van der Waals surface area (Å²) in [6, 6.07) is 5.96. The van der Waals surface area contributed by atoms with E-state index in [0.717, 1.165) is 20.9 Å². The summed E-state index contributed by atoms with van der Waals surface area (Å²) in [5, 5.41) is 1.01. The third-order valence-electron chi connectivity index (χ3n) is 5.20. The van der Waals surface area contributed by atoms with Gasteiger partial charge in [-0.05, 0) is 23.0 Å². The number of halogens is 1. The third-order valence-corrected chi connectivity index (χ3v) is 5.86. The molecule has 1 saturated carbocycles. The molecule has 0 atom stereocenters. The number of hydrogen-bond acceptors (Lipinski definition) is 1. The van der Waals surface area contributed by atoms with Gasteiger partial charge in [-0.1, -0.05) is 49.7 Å². The number of rotatable bonds is 2. The first kappa shape index (κ1) is 12.9. The van der Waals surface area contributed by atoms with Crippen molar-refractivity contribution in [2.75, 3.05) is 0 Å². The van der Waals surface area contributed by atoms with Gasteiger partial charge < -0.3 is 4.98 Å². The van der Waals surface area contributed by atoms with Crippen molar-refractivity contribution < 1.29 is 4.79 Å². The van der Waals surface area contributed by atoms with Gasteiger partial charge in [0, 0.05) is 33.1 Å². The lowest BCUT2D eigenvalue weighted by Gasteiger charge is -2.03. The van der Waals surface area contributed by atoms with Gasteiger partial charge in [-0.15, -0.1) is 0 Å². The summed E-state index contributed by atoms with van der Waals surface area (Å²) in [6.45, 7) is 8.72. The molecule has 0 saturated heterocycles. The van der Waals surface area contributed by atoms with Crippen LogP contribution in [0.2, 0.25) is 0 Å². The summed E-state index contributed by atoms with van der Waals surface area (Å²) in [6.07, 6.45) is 1.85. The molecule has 0 spiro atoms. The highest BCUT2D eigenvalue weighted by molar-refractivity contribution is 9.10.